The summed E-state index contributed by atoms with van der Waals surface area (Å²) in [6.45, 7) is 0.608. The molecule has 1 aromatic rings. The molecule has 1 N–H and O–H groups in total. The van der Waals surface area contributed by atoms with Crippen molar-refractivity contribution in [3.8, 4) is 5.75 Å². The van der Waals surface area contributed by atoms with Gasteiger partial charge in [-0.1, -0.05) is 6.07 Å². The lowest BCUT2D eigenvalue weighted by molar-refractivity contribution is -0.144. The van der Waals surface area contributed by atoms with Gasteiger partial charge in [0.05, 0.1) is 0 Å². The Morgan fingerprint density at radius 3 is 2.80 bits per heavy atom. The second kappa shape index (κ2) is 5.63. The van der Waals surface area contributed by atoms with Crippen LogP contribution >= 0.6 is 0 Å². The van der Waals surface area contributed by atoms with E-state index in [2.05, 4.69) is 5.32 Å². The predicted octanol–water partition coefficient (Wildman–Crippen LogP) is 2.12. The van der Waals surface area contributed by atoms with Crippen molar-refractivity contribution in [3.05, 3.63) is 24.3 Å². The molecule has 106 valence electrons. The quantitative estimate of drug-likeness (QED) is 0.675. The molecule has 1 saturated heterocycles. The minimum atomic E-state index is -0.459. The molecule has 1 heterocycles. The van der Waals surface area contributed by atoms with Gasteiger partial charge >= 0.3 is 5.97 Å². The second-order valence-corrected chi connectivity index (χ2v) is 5.21. The number of amides is 1. The Morgan fingerprint density at radius 1 is 1.25 bits per heavy atom. The van der Waals surface area contributed by atoms with Crippen molar-refractivity contribution >= 4 is 17.6 Å². The first-order valence-corrected chi connectivity index (χ1v) is 6.96. The van der Waals surface area contributed by atoms with E-state index in [1.165, 1.54) is 0 Å². The van der Waals surface area contributed by atoms with Crippen molar-refractivity contribution in [1.82, 2.24) is 0 Å². The molecule has 1 amide bonds. The average molecular weight is 275 g/mol. The molecular formula is C15H17NO4. The normalized spacial score (nSPS) is 21.5. The lowest BCUT2D eigenvalue weighted by Crippen LogP contribution is -2.24. The molecule has 0 aromatic heterocycles. The van der Waals surface area contributed by atoms with Crippen molar-refractivity contribution in [2.24, 2.45) is 5.92 Å². The fourth-order valence-corrected chi connectivity index (χ4v) is 2.17. The maximum absolute atomic E-state index is 11.8. The summed E-state index contributed by atoms with van der Waals surface area (Å²) in [6, 6.07) is 6.89. The number of ether oxygens (including phenoxy) is 2. The highest BCUT2D eigenvalue weighted by molar-refractivity contribution is 5.94. The van der Waals surface area contributed by atoms with Gasteiger partial charge in [0.2, 0.25) is 5.91 Å². The lowest BCUT2D eigenvalue weighted by atomic mass is 10.2. The van der Waals surface area contributed by atoms with Crippen LogP contribution in [-0.4, -0.2) is 24.6 Å². The van der Waals surface area contributed by atoms with Crippen LogP contribution in [0.5, 0.6) is 5.75 Å². The number of hydrogen-bond acceptors (Lipinski definition) is 4. The number of carbonyl (C=O) groups excluding carboxylic acids is 2. The summed E-state index contributed by atoms with van der Waals surface area (Å²) in [5.41, 5.74) is 0.652. The number of nitrogens with one attached hydrogen (secondary N) is 1. The van der Waals surface area contributed by atoms with E-state index in [4.69, 9.17) is 9.47 Å². The Labute approximate surface area is 117 Å². The molecule has 1 saturated carbocycles. The summed E-state index contributed by atoms with van der Waals surface area (Å²) in [7, 11) is 0. The largest absolute Gasteiger partial charge is 0.425 e. The Balaban J connectivity index is 1.61. The van der Waals surface area contributed by atoms with E-state index >= 15 is 0 Å². The fraction of sp³-hybridized carbons (Fsp3) is 0.467. The Bertz CT molecular complexity index is 518. The Kier molecular flexibility index (Phi) is 3.69. The SMILES string of the molecule is O=C(Nc1cccc(OC(=O)[C@H]2CCCO2)c1)C1CC1. The molecule has 1 aliphatic heterocycles. The third kappa shape index (κ3) is 3.17. The van der Waals surface area contributed by atoms with Crippen LogP contribution in [0.4, 0.5) is 5.69 Å². The van der Waals surface area contributed by atoms with Gasteiger partial charge in [0.15, 0.2) is 6.10 Å². The number of benzene rings is 1. The zero-order valence-corrected chi connectivity index (χ0v) is 11.1. The Hall–Kier alpha value is -1.88. The molecule has 3 rings (SSSR count). The molecule has 2 aliphatic rings. The van der Waals surface area contributed by atoms with E-state index in [-0.39, 0.29) is 17.8 Å². The van der Waals surface area contributed by atoms with Gasteiger partial charge in [-0.25, -0.2) is 4.79 Å². The molecule has 20 heavy (non-hydrogen) atoms. The summed E-state index contributed by atoms with van der Waals surface area (Å²) in [5.74, 6) is 0.243. The van der Waals surface area contributed by atoms with Gasteiger partial charge < -0.3 is 14.8 Å². The second-order valence-electron chi connectivity index (χ2n) is 5.21. The molecule has 1 atom stereocenters. The van der Waals surface area contributed by atoms with E-state index < -0.39 is 6.10 Å². The lowest BCUT2D eigenvalue weighted by Gasteiger charge is -2.10. The van der Waals surface area contributed by atoms with E-state index in [0.717, 1.165) is 19.3 Å². The van der Waals surface area contributed by atoms with Crippen LogP contribution in [0.25, 0.3) is 0 Å². The Morgan fingerprint density at radius 2 is 2.10 bits per heavy atom. The van der Waals surface area contributed by atoms with Crippen LogP contribution in [0, 0.1) is 5.92 Å². The van der Waals surface area contributed by atoms with Gasteiger partial charge in [0, 0.05) is 24.3 Å². The molecule has 0 spiro atoms. The number of hydrogen-bond donors (Lipinski definition) is 1. The van der Waals surface area contributed by atoms with Crippen LogP contribution in [0.15, 0.2) is 24.3 Å². The van der Waals surface area contributed by atoms with E-state index in [1.807, 2.05) is 0 Å². The minimum absolute atomic E-state index is 0.0348. The highest BCUT2D eigenvalue weighted by Gasteiger charge is 2.29. The van der Waals surface area contributed by atoms with Crippen molar-refractivity contribution < 1.29 is 19.1 Å². The van der Waals surface area contributed by atoms with Crippen molar-refractivity contribution in [2.45, 2.75) is 31.8 Å². The molecule has 0 bridgehead atoms. The van der Waals surface area contributed by atoms with Gasteiger partial charge in [0.1, 0.15) is 5.75 Å². The monoisotopic (exact) mass is 275 g/mol. The molecular weight excluding hydrogens is 258 g/mol. The summed E-state index contributed by atoms with van der Waals surface area (Å²) in [6.07, 6.45) is 3.05. The van der Waals surface area contributed by atoms with E-state index in [0.29, 0.717) is 24.5 Å². The molecule has 0 radical (unpaired) electrons. The van der Waals surface area contributed by atoms with Crippen molar-refractivity contribution in [1.29, 1.82) is 0 Å². The maximum Gasteiger partial charge on any atom is 0.340 e. The molecule has 5 heteroatoms. The first kappa shape index (κ1) is 13.1. The molecule has 0 unspecified atom stereocenters. The standard InChI is InChI=1S/C15H17NO4/c17-14(10-6-7-10)16-11-3-1-4-12(9-11)20-15(18)13-5-2-8-19-13/h1,3-4,9-10,13H,2,5-8H2,(H,16,17)/t13-/m1/s1. The van der Waals surface area contributed by atoms with Gasteiger partial charge in [-0.2, -0.15) is 0 Å². The first-order valence-electron chi connectivity index (χ1n) is 6.96. The number of esters is 1. The zero-order valence-electron chi connectivity index (χ0n) is 11.1. The molecule has 2 fully saturated rings. The summed E-state index contributed by atoms with van der Waals surface area (Å²) >= 11 is 0. The van der Waals surface area contributed by atoms with Crippen molar-refractivity contribution in [3.63, 3.8) is 0 Å². The van der Waals surface area contributed by atoms with Crippen LogP contribution in [0.3, 0.4) is 0 Å². The minimum Gasteiger partial charge on any atom is -0.425 e. The third-order valence-corrected chi connectivity index (χ3v) is 3.46. The van der Waals surface area contributed by atoms with Crippen molar-refractivity contribution in [2.75, 3.05) is 11.9 Å². The third-order valence-electron chi connectivity index (χ3n) is 3.46. The van der Waals surface area contributed by atoms with Crippen LogP contribution < -0.4 is 10.1 Å². The smallest absolute Gasteiger partial charge is 0.340 e. The summed E-state index contributed by atoms with van der Waals surface area (Å²) in [4.78, 5) is 23.5. The highest BCUT2D eigenvalue weighted by Crippen LogP contribution is 2.30. The van der Waals surface area contributed by atoms with E-state index in [1.54, 1.807) is 24.3 Å². The topological polar surface area (TPSA) is 64.6 Å². The zero-order chi connectivity index (χ0) is 13.9. The first-order chi connectivity index (χ1) is 9.72. The summed E-state index contributed by atoms with van der Waals surface area (Å²) < 4.78 is 10.6. The highest BCUT2D eigenvalue weighted by atomic mass is 16.6. The van der Waals surface area contributed by atoms with Gasteiger partial charge in [0.25, 0.3) is 0 Å². The van der Waals surface area contributed by atoms with Crippen LogP contribution in [0.1, 0.15) is 25.7 Å². The molecule has 5 nitrogen and oxygen atoms in total. The van der Waals surface area contributed by atoms with Gasteiger partial charge in [-0.15, -0.1) is 0 Å². The molecule has 1 aliphatic carbocycles. The van der Waals surface area contributed by atoms with Crippen LogP contribution in [-0.2, 0) is 14.3 Å². The average Bonchev–Trinajstić information content (AvgIpc) is 3.14. The fourth-order valence-electron chi connectivity index (χ4n) is 2.17. The number of rotatable bonds is 4. The van der Waals surface area contributed by atoms with Gasteiger partial charge in [-0.05, 0) is 37.8 Å². The summed E-state index contributed by atoms with van der Waals surface area (Å²) in [5, 5.41) is 2.83. The number of carbonyl (C=O) groups is 2. The molecule has 1 aromatic carbocycles. The number of anilines is 1. The van der Waals surface area contributed by atoms with E-state index in [9.17, 15) is 9.59 Å². The predicted molar refractivity (Wildman–Crippen MR) is 72.4 cm³/mol. The maximum atomic E-state index is 11.8. The van der Waals surface area contributed by atoms with Crippen LogP contribution in [0.2, 0.25) is 0 Å². The van der Waals surface area contributed by atoms with Gasteiger partial charge in [-0.3, -0.25) is 4.79 Å².